The molecule has 2 saturated carbocycles. The van der Waals surface area contributed by atoms with Crippen molar-refractivity contribution in [2.45, 2.75) is 110 Å². The van der Waals surface area contributed by atoms with E-state index in [0.29, 0.717) is 39.0 Å². The molecule has 0 unspecified atom stereocenters. The van der Waals surface area contributed by atoms with Gasteiger partial charge < -0.3 is 24.1 Å². The van der Waals surface area contributed by atoms with Crippen LogP contribution in [-0.2, 0) is 48.0 Å². The predicted octanol–water partition coefficient (Wildman–Crippen LogP) is 6.72. The van der Waals surface area contributed by atoms with Crippen LogP contribution in [0.3, 0.4) is 0 Å². The van der Waals surface area contributed by atoms with Crippen LogP contribution in [0.2, 0.25) is 0 Å². The molecule has 6 aliphatic rings. The van der Waals surface area contributed by atoms with E-state index in [0.717, 1.165) is 73.9 Å². The molecule has 4 aromatic heterocycles. The summed E-state index contributed by atoms with van der Waals surface area (Å²) in [5.41, 5.74) is 11.3. The van der Waals surface area contributed by atoms with Crippen molar-refractivity contribution < 1.29 is 28.6 Å². The summed E-state index contributed by atoms with van der Waals surface area (Å²) < 4.78 is 20.2. The zero-order valence-electron chi connectivity index (χ0n) is 40.1. The maximum absolute atomic E-state index is 14.7. The number of cyclic esters (lactones) is 1. The zero-order valence-corrected chi connectivity index (χ0v) is 40.9. The molecule has 1 aromatic carbocycles. The summed E-state index contributed by atoms with van der Waals surface area (Å²) in [6, 6.07) is 10.9. The van der Waals surface area contributed by atoms with Crippen molar-refractivity contribution in [2.24, 2.45) is 23.2 Å². The monoisotopic (exact) mass is 938 g/mol. The van der Waals surface area contributed by atoms with Crippen LogP contribution in [0.15, 0.2) is 60.4 Å². The number of ether oxygens (including phenoxy) is 3. The number of methoxy groups -OCH3 is 1. The summed E-state index contributed by atoms with van der Waals surface area (Å²) in [7, 11) is 1.71. The maximum Gasteiger partial charge on any atom is 0.325 e. The molecule has 8 bridgehead atoms. The first-order valence-electron chi connectivity index (χ1n) is 24.2. The van der Waals surface area contributed by atoms with Gasteiger partial charge in [0.1, 0.15) is 12.1 Å². The SMILES string of the molecule is CCn1c(-c2cc(C#C[C@@H](C)N3CCOCC3)cnc2[C@H](C)OC)c2c3cc(ccc31)-c1csc(n1)C[C@H](NC(=O)[C@@H]1[C@@H](C)[C@H]1c1ccncc1)C(=O)N1N[C@H](C(=O)OCC(C)(C)C2)C2CC1C2. The first kappa shape index (κ1) is 46.2. The molecule has 2 amide bonds. The lowest BCUT2D eigenvalue weighted by atomic mass is 9.73. The molecule has 14 nitrogen and oxygen atoms in total. The van der Waals surface area contributed by atoms with Crippen molar-refractivity contribution in [1.82, 2.24) is 40.2 Å². The van der Waals surface area contributed by atoms with Crippen molar-refractivity contribution in [3.63, 3.8) is 0 Å². The number of nitrogens with zero attached hydrogens (tertiary/aromatic N) is 6. The third-order valence-corrected chi connectivity index (χ3v) is 15.9. The Morgan fingerprint density at radius 2 is 1.88 bits per heavy atom. The number of hydrogen-bond donors (Lipinski definition) is 2. The van der Waals surface area contributed by atoms with Crippen molar-refractivity contribution in [2.75, 3.05) is 40.0 Å². The number of nitrogens with one attached hydrogen (secondary N) is 2. The Morgan fingerprint density at radius 1 is 1.10 bits per heavy atom. The highest BCUT2D eigenvalue weighted by atomic mass is 32.1. The summed E-state index contributed by atoms with van der Waals surface area (Å²) >= 11 is 1.48. The second kappa shape index (κ2) is 18.8. The van der Waals surface area contributed by atoms with Gasteiger partial charge in [0.15, 0.2) is 0 Å². The predicted molar refractivity (Wildman–Crippen MR) is 260 cm³/mol. The van der Waals surface area contributed by atoms with Crippen LogP contribution in [0.5, 0.6) is 0 Å². The average molecular weight is 939 g/mol. The number of aryl methyl sites for hydroxylation is 1. The molecule has 3 saturated heterocycles. The number of aromatic nitrogens is 4. The van der Waals surface area contributed by atoms with Crippen LogP contribution < -0.4 is 10.7 Å². The molecule has 356 valence electrons. The summed E-state index contributed by atoms with van der Waals surface area (Å²) in [4.78, 5) is 59.8. The number of carbonyl (C=O) groups is 3. The smallest absolute Gasteiger partial charge is 0.325 e. The van der Waals surface area contributed by atoms with E-state index in [1.807, 2.05) is 30.6 Å². The number of pyridine rings is 2. The minimum absolute atomic E-state index is 0.0433. The minimum Gasteiger partial charge on any atom is -0.464 e. The van der Waals surface area contributed by atoms with Gasteiger partial charge in [-0.15, -0.1) is 11.3 Å². The van der Waals surface area contributed by atoms with Crippen LogP contribution in [0.4, 0.5) is 0 Å². The van der Waals surface area contributed by atoms with Gasteiger partial charge in [-0.3, -0.25) is 34.3 Å². The van der Waals surface area contributed by atoms with Crippen molar-refractivity contribution >= 4 is 40.0 Å². The molecule has 4 aliphatic heterocycles. The van der Waals surface area contributed by atoms with Crippen molar-refractivity contribution in [3.05, 3.63) is 87.8 Å². The van der Waals surface area contributed by atoms with Crippen LogP contribution >= 0.6 is 11.3 Å². The Labute approximate surface area is 402 Å². The fraction of sp³-hybridized carbons (Fsp3) is 0.509. The first-order valence-corrected chi connectivity index (χ1v) is 25.1. The molecule has 5 fully saturated rings. The lowest BCUT2D eigenvalue weighted by Crippen LogP contribution is -2.71. The summed E-state index contributed by atoms with van der Waals surface area (Å²) in [5, 5.41) is 8.61. The van der Waals surface area contributed by atoms with E-state index in [9.17, 15) is 14.4 Å². The van der Waals surface area contributed by atoms with E-state index in [1.165, 1.54) is 11.3 Å². The van der Waals surface area contributed by atoms with Gasteiger partial charge >= 0.3 is 5.97 Å². The Kier molecular flexibility index (Phi) is 12.8. The van der Waals surface area contributed by atoms with Gasteiger partial charge in [0, 0.05) is 102 Å². The lowest BCUT2D eigenvalue weighted by molar-refractivity contribution is -0.171. The number of carbonyl (C=O) groups excluding carboxylic acids is 3. The molecule has 68 heavy (non-hydrogen) atoms. The number of hydrogen-bond acceptors (Lipinski definition) is 12. The number of morpholine rings is 1. The number of benzene rings is 1. The van der Waals surface area contributed by atoms with Gasteiger partial charge in [-0.25, -0.2) is 10.4 Å². The molecular weight excluding hydrogens is 877 g/mol. The Hall–Kier alpha value is -5.50. The lowest BCUT2D eigenvalue weighted by Gasteiger charge is -2.53. The molecule has 2 aliphatic carbocycles. The number of thiazole rings is 1. The number of hydrazine groups is 1. The minimum atomic E-state index is -0.901. The van der Waals surface area contributed by atoms with Gasteiger partial charge in [0.05, 0.1) is 54.1 Å². The average Bonchev–Trinajstić information content (AvgIpc) is 3.63. The largest absolute Gasteiger partial charge is 0.464 e. The Bertz CT molecular complexity index is 2780. The maximum atomic E-state index is 14.7. The van der Waals surface area contributed by atoms with Gasteiger partial charge in [0.25, 0.3) is 5.91 Å². The third-order valence-electron chi connectivity index (χ3n) is 15.0. The highest BCUT2D eigenvalue weighted by Gasteiger charge is 2.54. The van der Waals surface area contributed by atoms with Gasteiger partial charge in [-0.2, -0.15) is 0 Å². The number of rotatable bonds is 8. The number of fused-ring (bicyclic) bond motifs is 4. The molecule has 2 N–H and O–H groups in total. The Morgan fingerprint density at radius 3 is 2.63 bits per heavy atom. The highest BCUT2D eigenvalue weighted by molar-refractivity contribution is 7.10. The molecule has 15 heteroatoms. The van der Waals surface area contributed by atoms with E-state index in [-0.39, 0.29) is 72.7 Å². The van der Waals surface area contributed by atoms with E-state index in [2.05, 4.69) is 95.9 Å². The van der Waals surface area contributed by atoms with Crippen LogP contribution in [0, 0.1) is 35.0 Å². The second-order valence-electron chi connectivity index (χ2n) is 20.2. The first-order chi connectivity index (χ1) is 32.8. The molecule has 11 rings (SSSR count). The van der Waals surface area contributed by atoms with Gasteiger partial charge in [0.2, 0.25) is 5.91 Å². The van der Waals surface area contributed by atoms with Gasteiger partial charge in [-0.05, 0) is 99.2 Å². The summed E-state index contributed by atoms with van der Waals surface area (Å²) in [6.07, 6.45) is 7.18. The van der Waals surface area contributed by atoms with Crippen molar-refractivity contribution in [3.8, 4) is 34.4 Å². The molecule has 0 radical (unpaired) electrons. The van der Waals surface area contributed by atoms with E-state index >= 15 is 0 Å². The second-order valence-corrected chi connectivity index (χ2v) is 21.1. The summed E-state index contributed by atoms with van der Waals surface area (Å²) in [6.45, 7) is 16.6. The fourth-order valence-corrected chi connectivity index (χ4v) is 11.8. The van der Waals surface area contributed by atoms with Crippen LogP contribution in [0.25, 0.3) is 33.4 Å². The molecule has 0 spiro atoms. The standard InChI is InChI=1S/C53H62N8O6S/c1-8-60-43-12-11-35-24-38(43)40(49(60)39-21-33(27-55-47(39)32(4)65-7)10-9-30(2)59-17-19-66-20-18-59)26-53(5,6)29-67-52(64)48-36-22-37(23-36)61(58-48)51(63)41(25-44-56-42(35)28-68-44)57-50(62)46-31(3)45(46)34-13-15-54-16-14-34/h11-16,21,24,27-28,30-32,36-37,41,45-46,48,58H,8,17-20,22-23,25-26,29H2,1-7H3,(H,57,62)/t30-,31+,32+,36?,37?,41+,45+,46-,48+/m1/s1. The summed E-state index contributed by atoms with van der Waals surface area (Å²) in [5.74, 6) is 6.06. The van der Waals surface area contributed by atoms with Crippen molar-refractivity contribution in [1.29, 1.82) is 0 Å². The molecular formula is C53H62N8O6S. The van der Waals surface area contributed by atoms with Crippen LogP contribution in [-0.4, -0.2) is 111 Å². The number of esters is 1. The fourth-order valence-electron chi connectivity index (χ4n) is 11.0. The molecule has 8 heterocycles. The molecule has 7 atom stereocenters. The topological polar surface area (TPSA) is 153 Å². The quantitative estimate of drug-likeness (QED) is 0.126. The zero-order chi connectivity index (χ0) is 47.4. The van der Waals surface area contributed by atoms with E-state index in [1.54, 1.807) is 24.5 Å². The number of amides is 2. The normalized spacial score (nSPS) is 26.7. The third kappa shape index (κ3) is 8.86. The van der Waals surface area contributed by atoms with E-state index < -0.39 is 17.5 Å². The highest BCUT2D eigenvalue weighted by Crippen LogP contribution is 2.54. The van der Waals surface area contributed by atoms with Crippen LogP contribution in [0.1, 0.15) is 93.8 Å². The Balaban J connectivity index is 1.05. The molecule has 5 aromatic rings. The van der Waals surface area contributed by atoms with E-state index in [4.69, 9.17) is 24.2 Å². The van der Waals surface area contributed by atoms with Gasteiger partial charge in [-0.1, -0.05) is 38.7 Å².